The largest absolute Gasteiger partial charge is 0.395 e. The molecule has 0 saturated heterocycles. The third kappa shape index (κ3) is 3.48. The molecule has 20 heavy (non-hydrogen) atoms. The lowest BCUT2D eigenvalue weighted by Crippen LogP contribution is -2.39. The maximum Gasteiger partial charge on any atom is 0.273 e. The van der Waals surface area contributed by atoms with Gasteiger partial charge in [-0.3, -0.25) is 9.89 Å². The van der Waals surface area contributed by atoms with Crippen molar-refractivity contribution in [3.8, 4) is 0 Å². The van der Waals surface area contributed by atoms with E-state index in [1.54, 1.807) is 11.8 Å². The Kier molecular flexibility index (Phi) is 5.92. The molecule has 114 valence electrons. The van der Waals surface area contributed by atoms with Crippen molar-refractivity contribution in [2.75, 3.05) is 18.5 Å². The van der Waals surface area contributed by atoms with Crippen LogP contribution < -0.4 is 11.1 Å². The predicted octanol–water partition coefficient (Wildman–Crippen LogP) is 2.77. The molecule has 1 heterocycles. The number of carbonyl (C=O) groups excluding carboxylic acids is 1. The van der Waals surface area contributed by atoms with E-state index in [1.807, 2.05) is 13.8 Å². The van der Waals surface area contributed by atoms with Crippen molar-refractivity contribution in [3.63, 3.8) is 0 Å². The van der Waals surface area contributed by atoms with Crippen LogP contribution in [0.15, 0.2) is 0 Å². The first-order chi connectivity index (χ1) is 9.40. The van der Waals surface area contributed by atoms with Crippen molar-refractivity contribution in [1.29, 1.82) is 0 Å². The van der Waals surface area contributed by atoms with Gasteiger partial charge in [-0.2, -0.15) is 16.9 Å². The van der Waals surface area contributed by atoms with Crippen molar-refractivity contribution >= 4 is 23.4 Å². The summed E-state index contributed by atoms with van der Waals surface area (Å²) in [6.07, 6.45) is 4.11. The van der Waals surface area contributed by atoms with Gasteiger partial charge < -0.3 is 11.1 Å². The number of anilines is 1. The summed E-state index contributed by atoms with van der Waals surface area (Å²) >= 11 is 1.79. The maximum atomic E-state index is 12.2. The number of aromatic amines is 1. The van der Waals surface area contributed by atoms with Crippen LogP contribution in [0.1, 0.15) is 62.6 Å². The fourth-order valence-corrected chi connectivity index (χ4v) is 2.96. The van der Waals surface area contributed by atoms with E-state index in [9.17, 15) is 4.79 Å². The van der Waals surface area contributed by atoms with E-state index in [2.05, 4.69) is 35.6 Å². The molecule has 0 saturated carbocycles. The summed E-state index contributed by atoms with van der Waals surface area (Å²) in [5.41, 5.74) is 7.56. The highest BCUT2D eigenvalue weighted by Gasteiger charge is 2.27. The van der Waals surface area contributed by atoms with Gasteiger partial charge in [-0.1, -0.05) is 27.7 Å². The van der Waals surface area contributed by atoms with Crippen molar-refractivity contribution in [3.05, 3.63) is 11.4 Å². The van der Waals surface area contributed by atoms with Crippen LogP contribution in [-0.4, -0.2) is 33.7 Å². The first-order valence-electron chi connectivity index (χ1n) is 7.07. The Balaban J connectivity index is 2.77. The molecule has 1 amide bonds. The second kappa shape index (κ2) is 7.02. The molecule has 1 aromatic rings. The average molecular weight is 298 g/mol. The Morgan fingerprint density at radius 3 is 2.45 bits per heavy atom. The Morgan fingerprint density at radius 2 is 2.05 bits per heavy atom. The van der Waals surface area contributed by atoms with Crippen molar-refractivity contribution in [2.45, 2.75) is 51.2 Å². The van der Waals surface area contributed by atoms with Crippen molar-refractivity contribution < 1.29 is 4.79 Å². The molecule has 1 aromatic heterocycles. The zero-order valence-corrected chi connectivity index (χ0v) is 13.9. The molecule has 1 rings (SSSR count). The van der Waals surface area contributed by atoms with Gasteiger partial charge in [0.25, 0.3) is 5.91 Å². The molecule has 0 unspecified atom stereocenters. The number of rotatable bonds is 7. The van der Waals surface area contributed by atoms with E-state index in [-0.39, 0.29) is 16.6 Å². The fraction of sp³-hybridized carbons (Fsp3) is 0.714. The van der Waals surface area contributed by atoms with Crippen LogP contribution >= 0.6 is 11.8 Å². The second-order valence-electron chi connectivity index (χ2n) is 5.33. The standard InChI is InChI=1S/C14H26N4OS/c1-6-14(7-2,20-5)8-16-13(19)12-10(15)11(9(3)4)17-18-12/h9H,6-8,15H2,1-5H3,(H,16,19)(H,17,18). The molecule has 0 aliphatic rings. The first kappa shape index (κ1) is 16.9. The molecule has 6 heteroatoms. The smallest absolute Gasteiger partial charge is 0.273 e. The number of hydrogen-bond acceptors (Lipinski definition) is 4. The second-order valence-corrected chi connectivity index (χ2v) is 6.61. The number of nitrogens with two attached hydrogens (primary N) is 1. The van der Waals surface area contributed by atoms with Crippen LogP contribution in [0.3, 0.4) is 0 Å². The van der Waals surface area contributed by atoms with Gasteiger partial charge in [-0.15, -0.1) is 0 Å². The monoisotopic (exact) mass is 298 g/mol. The van der Waals surface area contributed by atoms with Gasteiger partial charge in [0.15, 0.2) is 5.69 Å². The minimum absolute atomic E-state index is 0.0849. The molecular weight excluding hydrogens is 272 g/mol. The quantitative estimate of drug-likeness (QED) is 0.722. The van der Waals surface area contributed by atoms with Crippen LogP contribution in [0.5, 0.6) is 0 Å². The summed E-state index contributed by atoms with van der Waals surface area (Å²) in [6, 6.07) is 0. The topological polar surface area (TPSA) is 83.8 Å². The van der Waals surface area contributed by atoms with Gasteiger partial charge in [0, 0.05) is 11.3 Å². The van der Waals surface area contributed by atoms with Crippen LogP contribution in [0.2, 0.25) is 0 Å². The number of nitrogen functional groups attached to an aromatic ring is 1. The molecular formula is C14H26N4OS. The van der Waals surface area contributed by atoms with Gasteiger partial charge in [-0.25, -0.2) is 0 Å². The minimum Gasteiger partial charge on any atom is -0.395 e. The van der Waals surface area contributed by atoms with Crippen molar-refractivity contribution in [1.82, 2.24) is 15.5 Å². The summed E-state index contributed by atoms with van der Waals surface area (Å²) in [5, 5.41) is 9.86. The van der Waals surface area contributed by atoms with Gasteiger partial charge in [0.2, 0.25) is 0 Å². The van der Waals surface area contributed by atoms with E-state index in [0.717, 1.165) is 18.5 Å². The summed E-state index contributed by atoms with van der Waals surface area (Å²) < 4.78 is 0.0849. The summed E-state index contributed by atoms with van der Waals surface area (Å²) in [6.45, 7) is 8.94. The van der Waals surface area contributed by atoms with Crippen LogP contribution in [0.25, 0.3) is 0 Å². The lowest BCUT2D eigenvalue weighted by atomic mass is 10.0. The third-order valence-electron chi connectivity index (χ3n) is 3.92. The lowest BCUT2D eigenvalue weighted by molar-refractivity contribution is 0.0945. The zero-order chi connectivity index (χ0) is 15.3. The van der Waals surface area contributed by atoms with Gasteiger partial charge in [-0.05, 0) is 25.0 Å². The number of nitrogens with one attached hydrogen (secondary N) is 2. The molecule has 0 fully saturated rings. The molecule has 0 atom stereocenters. The van der Waals surface area contributed by atoms with E-state index >= 15 is 0 Å². The van der Waals surface area contributed by atoms with E-state index < -0.39 is 0 Å². The molecule has 0 aromatic carbocycles. The van der Waals surface area contributed by atoms with Crippen LogP contribution in [-0.2, 0) is 0 Å². The van der Waals surface area contributed by atoms with Crippen molar-refractivity contribution in [2.24, 2.45) is 0 Å². The summed E-state index contributed by atoms with van der Waals surface area (Å²) in [5.74, 6) is 0.0200. The first-order valence-corrected chi connectivity index (χ1v) is 8.30. The van der Waals surface area contributed by atoms with Crippen LogP contribution in [0, 0.1) is 0 Å². The van der Waals surface area contributed by atoms with Gasteiger partial charge >= 0.3 is 0 Å². The number of hydrogen-bond donors (Lipinski definition) is 3. The molecule has 0 radical (unpaired) electrons. The number of thioether (sulfide) groups is 1. The molecule has 5 nitrogen and oxygen atoms in total. The Labute approximate surface area is 125 Å². The number of amides is 1. The molecule has 0 aliphatic carbocycles. The SMILES string of the molecule is CCC(CC)(CNC(=O)c1n[nH]c(C(C)C)c1N)SC. The number of H-pyrrole nitrogens is 1. The maximum absolute atomic E-state index is 12.2. The normalized spacial score (nSPS) is 11.9. The summed E-state index contributed by atoms with van der Waals surface area (Å²) in [7, 11) is 0. The highest BCUT2D eigenvalue weighted by molar-refractivity contribution is 8.00. The highest BCUT2D eigenvalue weighted by atomic mass is 32.2. The third-order valence-corrected chi connectivity index (χ3v) is 5.51. The zero-order valence-electron chi connectivity index (χ0n) is 13.0. The Bertz CT molecular complexity index is 444. The number of aromatic nitrogens is 2. The number of carbonyl (C=O) groups is 1. The average Bonchev–Trinajstić information content (AvgIpc) is 2.82. The lowest BCUT2D eigenvalue weighted by Gasteiger charge is -2.29. The summed E-state index contributed by atoms with van der Waals surface area (Å²) in [4.78, 5) is 12.2. The van der Waals surface area contributed by atoms with Gasteiger partial charge in [0.1, 0.15) is 0 Å². The van der Waals surface area contributed by atoms with E-state index in [4.69, 9.17) is 5.73 Å². The molecule has 4 N–H and O–H groups in total. The molecule has 0 aliphatic heterocycles. The number of nitrogens with zero attached hydrogens (tertiary/aromatic N) is 1. The fourth-order valence-electron chi connectivity index (χ4n) is 2.16. The van der Waals surface area contributed by atoms with E-state index in [0.29, 0.717) is 17.9 Å². The minimum atomic E-state index is -0.203. The molecule has 0 bridgehead atoms. The highest BCUT2D eigenvalue weighted by Crippen LogP contribution is 2.29. The predicted molar refractivity (Wildman–Crippen MR) is 86.3 cm³/mol. The Hall–Kier alpha value is -1.17. The van der Waals surface area contributed by atoms with E-state index in [1.165, 1.54) is 0 Å². The van der Waals surface area contributed by atoms with Crippen LogP contribution in [0.4, 0.5) is 5.69 Å². The molecule has 0 spiro atoms. The Morgan fingerprint density at radius 1 is 1.45 bits per heavy atom. The van der Waals surface area contributed by atoms with Gasteiger partial charge in [0.05, 0.1) is 11.4 Å².